The molecule has 1 aliphatic heterocycles. The van der Waals surface area contributed by atoms with Crippen molar-refractivity contribution in [1.82, 2.24) is 15.5 Å². The minimum Gasteiger partial charge on any atom is -0.384 e. The van der Waals surface area contributed by atoms with Crippen LogP contribution in [-0.2, 0) is 0 Å². The van der Waals surface area contributed by atoms with Crippen LogP contribution in [0.4, 0.5) is 4.39 Å². The third-order valence-electron chi connectivity index (χ3n) is 3.74. The van der Waals surface area contributed by atoms with Crippen molar-refractivity contribution in [2.45, 2.75) is 13.8 Å². The smallest absolute Gasteiger partial charge is 0.131 e. The third-order valence-corrected chi connectivity index (χ3v) is 3.74. The molecule has 0 radical (unpaired) electrons. The monoisotopic (exact) mass is 297 g/mol. The van der Waals surface area contributed by atoms with Gasteiger partial charge in [0.15, 0.2) is 0 Å². The van der Waals surface area contributed by atoms with Crippen LogP contribution < -0.4 is 11.1 Å². The molecule has 5 nitrogen and oxygen atoms in total. The molecule has 0 spiro atoms. The summed E-state index contributed by atoms with van der Waals surface area (Å²) in [6.07, 6.45) is 8.66. The van der Waals surface area contributed by atoms with E-state index in [2.05, 4.69) is 15.5 Å². The van der Waals surface area contributed by atoms with Crippen molar-refractivity contribution < 1.29 is 4.39 Å². The summed E-state index contributed by atoms with van der Waals surface area (Å²) >= 11 is 0. The summed E-state index contributed by atoms with van der Waals surface area (Å²) in [4.78, 5) is 0. The van der Waals surface area contributed by atoms with Crippen LogP contribution in [0.2, 0.25) is 0 Å². The number of hydrogen-bond donors (Lipinski definition) is 4. The lowest BCUT2D eigenvalue weighted by molar-refractivity contribution is 0.611. The molecule has 0 aliphatic carbocycles. The van der Waals surface area contributed by atoms with Gasteiger partial charge in [0.05, 0.1) is 11.7 Å². The number of aromatic amines is 1. The Hall–Kier alpha value is -2.89. The second-order valence-corrected chi connectivity index (χ2v) is 5.23. The van der Waals surface area contributed by atoms with Crippen LogP contribution in [-0.4, -0.2) is 16.0 Å². The number of aryl methyl sites for hydroxylation is 1. The summed E-state index contributed by atoms with van der Waals surface area (Å²) in [5, 5.41) is 18.1. The lowest BCUT2D eigenvalue weighted by atomic mass is 9.92. The molecule has 6 heteroatoms. The Morgan fingerprint density at radius 1 is 1.36 bits per heavy atom. The summed E-state index contributed by atoms with van der Waals surface area (Å²) in [5.41, 5.74) is 9.54. The maximum atomic E-state index is 14.5. The average molecular weight is 297 g/mol. The van der Waals surface area contributed by atoms with E-state index < -0.39 is 0 Å². The fraction of sp³-hybridized carbons (Fsp3) is 0.125. The van der Waals surface area contributed by atoms with Gasteiger partial charge in [0.25, 0.3) is 0 Å². The Morgan fingerprint density at radius 2 is 2.14 bits per heavy atom. The van der Waals surface area contributed by atoms with Crippen molar-refractivity contribution in [3.63, 3.8) is 0 Å². The van der Waals surface area contributed by atoms with Crippen LogP contribution in [0.3, 0.4) is 0 Å². The molecule has 3 rings (SSSR count). The number of dihydropyridines is 1. The highest BCUT2D eigenvalue weighted by Gasteiger charge is 2.18. The summed E-state index contributed by atoms with van der Waals surface area (Å²) in [7, 11) is 0. The number of fused-ring (bicyclic) bond motifs is 1. The fourth-order valence-electron chi connectivity index (χ4n) is 2.73. The molecule has 1 aliphatic rings. The Balaban J connectivity index is 2.26. The van der Waals surface area contributed by atoms with E-state index >= 15 is 0 Å². The van der Waals surface area contributed by atoms with Gasteiger partial charge in [0, 0.05) is 28.9 Å². The van der Waals surface area contributed by atoms with E-state index in [0.717, 1.165) is 16.5 Å². The molecular formula is C16H16FN5. The van der Waals surface area contributed by atoms with Gasteiger partial charge < -0.3 is 11.1 Å². The zero-order valence-electron chi connectivity index (χ0n) is 12.3. The largest absolute Gasteiger partial charge is 0.384 e. The summed E-state index contributed by atoms with van der Waals surface area (Å²) in [6.45, 7) is 3.50. The van der Waals surface area contributed by atoms with E-state index in [-0.39, 0.29) is 11.7 Å². The molecule has 0 unspecified atom stereocenters. The van der Waals surface area contributed by atoms with E-state index in [1.807, 2.05) is 12.2 Å². The van der Waals surface area contributed by atoms with Gasteiger partial charge in [-0.25, -0.2) is 4.39 Å². The van der Waals surface area contributed by atoms with Crippen LogP contribution in [0.15, 0.2) is 36.3 Å². The standard InChI is InChI=1S/C16H16FN5/c1-8-14(10-3-4-20-11(5-10)6-13(18)19)12-7-21-22-16(12)9(2)15(8)17/h3-7,20H,1-2H3,(H3,18,19)(H,21,22)/b11-6-. The minimum atomic E-state index is -0.239. The van der Waals surface area contributed by atoms with Crippen molar-refractivity contribution in [3.05, 3.63) is 58.8 Å². The molecule has 0 saturated carbocycles. The first kappa shape index (κ1) is 14.1. The highest BCUT2D eigenvalue weighted by molar-refractivity contribution is 5.98. The number of H-pyrrole nitrogens is 1. The topological polar surface area (TPSA) is 90.6 Å². The Labute approximate surface area is 126 Å². The minimum absolute atomic E-state index is 0.0475. The Morgan fingerprint density at radius 3 is 2.86 bits per heavy atom. The van der Waals surface area contributed by atoms with Gasteiger partial charge in [-0.3, -0.25) is 10.5 Å². The highest BCUT2D eigenvalue weighted by Crippen LogP contribution is 2.34. The zero-order chi connectivity index (χ0) is 15.9. The molecule has 0 saturated heterocycles. The number of nitrogens with one attached hydrogen (secondary N) is 3. The summed E-state index contributed by atoms with van der Waals surface area (Å²) < 4.78 is 14.5. The third kappa shape index (κ3) is 2.18. The molecular weight excluding hydrogens is 281 g/mol. The predicted octanol–water partition coefficient (Wildman–Crippen LogP) is 2.64. The number of amidine groups is 1. The zero-order valence-corrected chi connectivity index (χ0v) is 12.3. The molecule has 2 heterocycles. The van der Waals surface area contributed by atoms with Crippen LogP contribution in [0.25, 0.3) is 16.5 Å². The van der Waals surface area contributed by atoms with E-state index in [1.54, 1.807) is 26.2 Å². The van der Waals surface area contributed by atoms with Crippen molar-refractivity contribution in [3.8, 4) is 0 Å². The molecule has 0 bridgehead atoms. The van der Waals surface area contributed by atoms with Crippen molar-refractivity contribution in [2.75, 3.05) is 0 Å². The SMILES string of the molecule is Cc1c(F)c(C)c2[nH]ncc2c1C1=C/C(=C/C(=N)N)NC=C1. The molecule has 1 aromatic carbocycles. The molecule has 5 N–H and O–H groups in total. The second-order valence-electron chi connectivity index (χ2n) is 5.23. The first-order chi connectivity index (χ1) is 10.5. The highest BCUT2D eigenvalue weighted by atomic mass is 19.1. The van der Waals surface area contributed by atoms with Crippen molar-refractivity contribution in [1.29, 1.82) is 5.41 Å². The molecule has 1 aromatic heterocycles. The fourth-order valence-corrected chi connectivity index (χ4v) is 2.73. The van der Waals surface area contributed by atoms with Gasteiger partial charge in [-0.05, 0) is 42.7 Å². The van der Waals surface area contributed by atoms with Gasteiger partial charge in [-0.2, -0.15) is 5.10 Å². The van der Waals surface area contributed by atoms with Gasteiger partial charge in [-0.15, -0.1) is 0 Å². The van der Waals surface area contributed by atoms with E-state index in [4.69, 9.17) is 11.1 Å². The second kappa shape index (κ2) is 5.14. The summed E-state index contributed by atoms with van der Waals surface area (Å²) in [5.74, 6) is -0.287. The molecule has 2 aromatic rings. The predicted molar refractivity (Wildman–Crippen MR) is 85.8 cm³/mol. The van der Waals surface area contributed by atoms with Crippen molar-refractivity contribution >= 4 is 22.3 Å². The normalized spacial score (nSPS) is 16.0. The molecule has 0 atom stereocenters. The van der Waals surface area contributed by atoms with Gasteiger partial charge in [0.1, 0.15) is 11.7 Å². The number of halogens is 1. The maximum absolute atomic E-state index is 14.5. The van der Waals surface area contributed by atoms with Crippen molar-refractivity contribution in [2.24, 2.45) is 5.73 Å². The van der Waals surface area contributed by atoms with Gasteiger partial charge in [0.2, 0.25) is 0 Å². The lowest BCUT2D eigenvalue weighted by Crippen LogP contribution is -2.13. The first-order valence-electron chi connectivity index (χ1n) is 6.81. The molecule has 22 heavy (non-hydrogen) atoms. The molecule has 0 amide bonds. The van der Waals surface area contributed by atoms with E-state index in [9.17, 15) is 4.39 Å². The number of rotatable bonds is 2. The number of nitrogens with zero attached hydrogens (tertiary/aromatic N) is 1. The van der Waals surface area contributed by atoms with Crippen LogP contribution >= 0.6 is 0 Å². The summed E-state index contributed by atoms with van der Waals surface area (Å²) in [6, 6.07) is 0. The molecule has 0 fully saturated rings. The number of benzene rings is 1. The number of allylic oxidation sites excluding steroid dienone is 3. The quantitative estimate of drug-likeness (QED) is 0.507. The van der Waals surface area contributed by atoms with E-state index in [1.165, 1.54) is 6.08 Å². The maximum Gasteiger partial charge on any atom is 0.131 e. The number of hydrogen-bond acceptors (Lipinski definition) is 3. The lowest BCUT2D eigenvalue weighted by Gasteiger charge is -2.16. The van der Waals surface area contributed by atoms with Crippen LogP contribution in [0, 0.1) is 25.1 Å². The van der Waals surface area contributed by atoms with Gasteiger partial charge >= 0.3 is 0 Å². The first-order valence-corrected chi connectivity index (χ1v) is 6.81. The van der Waals surface area contributed by atoms with Crippen LogP contribution in [0.5, 0.6) is 0 Å². The molecule has 112 valence electrons. The Bertz CT molecular complexity index is 870. The van der Waals surface area contributed by atoms with Crippen LogP contribution in [0.1, 0.15) is 16.7 Å². The van der Waals surface area contributed by atoms with E-state index in [0.29, 0.717) is 22.3 Å². The van der Waals surface area contributed by atoms with Gasteiger partial charge in [-0.1, -0.05) is 0 Å². The number of nitrogens with two attached hydrogens (primary N) is 1. The Kier molecular flexibility index (Phi) is 3.29. The average Bonchev–Trinajstić information content (AvgIpc) is 2.94. The number of aromatic nitrogens is 2.